The largest absolute Gasteiger partial charge is 0.482 e. The second-order valence-electron chi connectivity index (χ2n) is 5.51. The van der Waals surface area contributed by atoms with Gasteiger partial charge in [0.15, 0.2) is 12.7 Å². The fraction of sp³-hybridized carbons (Fsp3) is 0.211. The molecule has 0 saturated heterocycles. The van der Waals surface area contributed by atoms with Crippen molar-refractivity contribution < 1.29 is 19.1 Å². The number of carbonyl (C=O) groups is 2. The zero-order valence-electron chi connectivity index (χ0n) is 14.3. The Labute approximate surface area is 156 Å². The lowest BCUT2D eigenvalue weighted by Crippen LogP contribution is -2.31. The van der Waals surface area contributed by atoms with Crippen LogP contribution in [-0.4, -0.2) is 24.6 Å². The van der Waals surface area contributed by atoms with E-state index in [2.05, 4.69) is 5.32 Å². The minimum Gasteiger partial charge on any atom is -0.482 e. The van der Waals surface area contributed by atoms with Crippen molar-refractivity contribution in [2.24, 2.45) is 0 Å². The first kappa shape index (κ1) is 19.3. The van der Waals surface area contributed by atoms with Crippen LogP contribution in [0.4, 0.5) is 5.69 Å². The normalized spacial score (nSPS) is 11.2. The maximum atomic E-state index is 12.1. The van der Waals surface area contributed by atoms with Crippen LogP contribution in [0.2, 0.25) is 5.02 Å². The van der Waals surface area contributed by atoms with Crippen molar-refractivity contribution in [3.05, 3.63) is 58.6 Å². The number of nitrogens with zero attached hydrogens (tertiary/aromatic N) is 1. The van der Waals surface area contributed by atoms with Crippen molar-refractivity contribution >= 4 is 29.2 Å². The summed E-state index contributed by atoms with van der Waals surface area (Å²) in [5.41, 5.74) is 1.65. The van der Waals surface area contributed by atoms with Gasteiger partial charge in [0.05, 0.1) is 11.6 Å². The minimum absolute atomic E-state index is 0.329. The van der Waals surface area contributed by atoms with E-state index in [1.54, 1.807) is 43.3 Å². The monoisotopic (exact) mass is 372 g/mol. The van der Waals surface area contributed by atoms with E-state index in [0.29, 0.717) is 22.0 Å². The highest BCUT2D eigenvalue weighted by Gasteiger charge is 2.18. The predicted octanol–water partition coefficient (Wildman–Crippen LogP) is 3.47. The number of halogens is 1. The molecule has 6 nitrogen and oxygen atoms in total. The lowest BCUT2D eigenvalue weighted by Gasteiger charge is -2.14. The molecule has 2 rings (SSSR count). The van der Waals surface area contributed by atoms with Gasteiger partial charge in [-0.3, -0.25) is 4.79 Å². The SMILES string of the molecule is Cc1cc(Cl)ccc1OCC(=O)O[C@@H](C)C(=O)Nc1cccc(C#N)c1. The number of ether oxygens (including phenoxy) is 2. The van der Waals surface area contributed by atoms with Crippen LogP contribution in [0.25, 0.3) is 0 Å². The summed E-state index contributed by atoms with van der Waals surface area (Å²) in [5, 5.41) is 12.0. The molecule has 0 aromatic heterocycles. The molecule has 0 aliphatic heterocycles. The maximum absolute atomic E-state index is 12.1. The van der Waals surface area contributed by atoms with Crippen molar-refractivity contribution in [2.75, 3.05) is 11.9 Å². The van der Waals surface area contributed by atoms with Crippen molar-refractivity contribution in [3.8, 4) is 11.8 Å². The lowest BCUT2D eigenvalue weighted by molar-refractivity contribution is -0.155. The summed E-state index contributed by atoms with van der Waals surface area (Å²) >= 11 is 5.86. The second-order valence-corrected chi connectivity index (χ2v) is 5.95. The summed E-state index contributed by atoms with van der Waals surface area (Å²) in [6.07, 6.45) is -1.01. The van der Waals surface area contributed by atoms with E-state index in [-0.39, 0.29) is 6.61 Å². The molecule has 1 amide bonds. The first-order valence-corrected chi connectivity index (χ1v) is 8.16. The highest BCUT2D eigenvalue weighted by atomic mass is 35.5. The molecule has 1 atom stereocenters. The predicted molar refractivity (Wildman–Crippen MR) is 97.0 cm³/mol. The fourth-order valence-electron chi connectivity index (χ4n) is 2.11. The van der Waals surface area contributed by atoms with Crippen LogP contribution in [0.3, 0.4) is 0 Å². The van der Waals surface area contributed by atoms with Crippen LogP contribution in [-0.2, 0) is 14.3 Å². The minimum atomic E-state index is -1.01. The van der Waals surface area contributed by atoms with Gasteiger partial charge < -0.3 is 14.8 Å². The van der Waals surface area contributed by atoms with E-state index in [4.69, 9.17) is 26.3 Å². The van der Waals surface area contributed by atoms with Crippen molar-refractivity contribution in [1.82, 2.24) is 0 Å². The number of nitriles is 1. The third kappa shape index (κ3) is 5.50. The van der Waals surface area contributed by atoms with Gasteiger partial charge in [0, 0.05) is 10.7 Å². The van der Waals surface area contributed by atoms with Crippen LogP contribution in [0, 0.1) is 18.3 Å². The molecule has 0 unspecified atom stereocenters. The number of carbonyl (C=O) groups excluding carboxylic acids is 2. The molecule has 7 heteroatoms. The topological polar surface area (TPSA) is 88.4 Å². The fourth-order valence-corrected chi connectivity index (χ4v) is 2.33. The number of rotatable bonds is 6. The van der Waals surface area contributed by atoms with Gasteiger partial charge in [0.2, 0.25) is 0 Å². The van der Waals surface area contributed by atoms with Crippen LogP contribution in [0.5, 0.6) is 5.75 Å². The Morgan fingerprint density at radius 2 is 2.04 bits per heavy atom. The van der Waals surface area contributed by atoms with Gasteiger partial charge in [0.25, 0.3) is 5.91 Å². The molecular weight excluding hydrogens is 356 g/mol. The van der Waals surface area contributed by atoms with E-state index in [1.807, 2.05) is 6.07 Å². The number of hydrogen-bond donors (Lipinski definition) is 1. The standard InChI is InChI=1S/C19H17ClN2O4/c1-12-8-15(20)6-7-17(12)25-11-18(23)26-13(2)19(24)22-16-5-3-4-14(9-16)10-21/h3-9,13H,11H2,1-2H3,(H,22,24)/t13-/m0/s1. The summed E-state index contributed by atoms with van der Waals surface area (Å²) < 4.78 is 10.4. The van der Waals surface area contributed by atoms with Crippen molar-refractivity contribution in [1.29, 1.82) is 5.26 Å². The van der Waals surface area contributed by atoms with Crippen molar-refractivity contribution in [3.63, 3.8) is 0 Å². The molecule has 2 aromatic carbocycles. The van der Waals surface area contributed by atoms with Crippen LogP contribution in [0.15, 0.2) is 42.5 Å². The Balaban J connectivity index is 1.85. The van der Waals surface area contributed by atoms with Gasteiger partial charge in [-0.05, 0) is 55.8 Å². The Morgan fingerprint density at radius 3 is 2.73 bits per heavy atom. The Bertz CT molecular complexity index is 861. The molecule has 0 saturated carbocycles. The summed E-state index contributed by atoms with van der Waals surface area (Å²) in [4.78, 5) is 24.0. The van der Waals surface area contributed by atoms with Crippen LogP contribution < -0.4 is 10.1 Å². The molecule has 0 radical (unpaired) electrons. The number of amides is 1. The van der Waals surface area contributed by atoms with Gasteiger partial charge in [0.1, 0.15) is 5.75 Å². The lowest BCUT2D eigenvalue weighted by atomic mass is 10.2. The number of benzene rings is 2. The van der Waals surface area contributed by atoms with E-state index in [0.717, 1.165) is 5.56 Å². The molecule has 0 spiro atoms. The third-order valence-electron chi connectivity index (χ3n) is 3.42. The Hall–Kier alpha value is -3.04. The molecule has 0 bridgehead atoms. The van der Waals surface area contributed by atoms with Gasteiger partial charge in [-0.1, -0.05) is 17.7 Å². The average molecular weight is 373 g/mol. The Morgan fingerprint density at radius 1 is 1.27 bits per heavy atom. The number of aryl methyl sites for hydroxylation is 1. The summed E-state index contributed by atoms with van der Waals surface area (Å²) in [6, 6.07) is 13.4. The Kier molecular flexibility index (Phi) is 6.59. The van der Waals surface area contributed by atoms with Crippen LogP contribution in [0.1, 0.15) is 18.1 Å². The quantitative estimate of drug-likeness (QED) is 0.784. The van der Waals surface area contributed by atoms with Crippen molar-refractivity contribution in [2.45, 2.75) is 20.0 Å². The summed E-state index contributed by atoms with van der Waals surface area (Å²) in [6.45, 7) is 2.93. The zero-order chi connectivity index (χ0) is 19.1. The highest BCUT2D eigenvalue weighted by Crippen LogP contribution is 2.21. The number of hydrogen-bond acceptors (Lipinski definition) is 5. The average Bonchev–Trinajstić information content (AvgIpc) is 2.61. The molecule has 0 aliphatic carbocycles. The first-order valence-electron chi connectivity index (χ1n) is 7.78. The van der Waals surface area contributed by atoms with E-state index in [1.165, 1.54) is 13.0 Å². The third-order valence-corrected chi connectivity index (χ3v) is 3.65. The van der Waals surface area contributed by atoms with Crippen LogP contribution >= 0.6 is 11.6 Å². The second kappa shape index (κ2) is 8.88. The highest BCUT2D eigenvalue weighted by molar-refractivity contribution is 6.30. The number of nitrogens with one attached hydrogen (secondary N) is 1. The zero-order valence-corrected chi connectivity index (χ0v) is 15.0. The molecule has 1 N–H and O–H groups in total. The number of esters is 1. The first-order chi connectivity index (χ1) is 12.4. The van der Waals surface area contributed by atoms with E-state index < -0.39 is 18.0 Å². The molecule has 134 valence electrons. The van der Waals surface area contributed by atoms with Gasteiger partial charge in [-0.15, -0.1) is 0 Å². The molecule has 26 heavy (non-hydrogen) atoms. The maximum Gasteiger partial charge on any atom is 0.344 e. The van der Waals surface area contributed by atoms with E-state index in [9.17, 15) is 9.59 Å². The molecular formula is C19H17ClN2O4. The molecule has 0 aliphatic rings. The summed E-state index contributed by atoms with van der Waals surface area (Å²) in [5.74, 6) is -0.666. The van der Waals surface area contributed by atoms with Gasteiger partial charge in [-0.25, -0.2) is 4.79 Å². The molecule has 2 aromatic rings. The van der Waals surface area contributed by atoms with Gasteiger partial charge >= 0.3 is 5.97 Å². The smallest absolute Gasteiger partial charge is 0.344 e. The summed E-state index contributed by atoms with van der Waals surface area (Å²) in [7, 11) is 0. The molecule has 0 fully saturated rings. The number of anilines is 1. The van der Waals surface area contributed by atoms with E-state index >= 15 is 0 Å². The van der Waals surface area contributed by atoms with Gasteiger partial charge in [-0.2, -0.15) is 5.26 Å². The molecule has 0 heterocycles.